The molecule has 1 aromatic heterocycles. The van der Waals surface area contributed by atoms with E-state index in [0.717, 1.165) is 25.7 Å². The zero-order valence-corrected chi connectivity index (χ0v) is 16.7. The SMILES string of the molecule is Cc1noc(C)c1S(=O)(=O)NC1(C(=O)N2CCOC(C3CC3)C2)CCCC1. The van der Waals surface area contributed by atoms with Crippen molar-refractivity contribution in [1.29, 1.82) is 0 Å². The lowest BCUT2D eigenvalue weighted by Crippen LogP contribution is -2.61. The van der Waals surface area contributed by atoms with Crippen LogP contribution in [-0.4, -0.2) is 55.7 Å². The van der Waals surface area contributed by atoms with Gasteiger partial charge in [0.15, 0.2) is 5.76 Å². The van der Waals surface area contributed by atoms with Crippen LogP contribution in [0.1, 0.15) is 50.0 Å². The Bertz CT molecular complexity index is 805. The van der Waals surface area contributed by atoms with Gasteiger partial charge in [-0.3, -0.25) is 4.79 Å². The van der Waals surface area contributed by atoms with Gasteiger partial charge in [-0.1, -0.05) is 18.0 Å². The lowest BCUT2D eigenvalue weighted by Gasteiger charge is -2.39. The number of amides is 1. The van der Waals surface area contributed by atoms with Crippen molar-refractivity contribution in [2.75, 3.05) is 19.7 Å². The van der Waals surface area contributed by atoms with Crippen LogP contribution < -0.4 is 4.72 Å². The Hall–Kier alpha value is -1.45. The molecule has 1 amide bonds. The largest absolute Gasteiger partial charge is 0.374 e. The molecule has 0 aromatic carbocycles. The number of sulfonamides is 1. The fraction of sp³-hybridized carbons (Fsp3) is 0.778. The molecule has 2 heterocycles. The first-order valence-corrected chi connectivity index (χ1v) is 11.2. The third kappa shape index (κ3) is 3.52. The van der Waals surface area contributed by atoms with Gasteiger partial charge in [-0.15, -0.1) is 0 Å². The van der Waals surface area contributed by atoms with E-state index in [4.69, 9.17) is 9.26 Å². The number of hydrogen-bond acceptors (Lipinski definition) is 6. The second-order valence-electron chi connectivity index (χ2n) is 8.05. The Morgan fingerprint density at radius 1 is 1.26 bits per heavy atom. The summed E-state index contributed by atoms with van der Waals surface area (Å²) in [7, 11) is -3.91. The van der Waals surface area contributed by atoms with Crippen LogP contribution in [0.2, 0.25) is 0 Å². The Kier molecular flexibility index (Phi) is 4.80. The van der Waals surface area contributed by atoms with E-state index in [1.54, 1.807) is 18.7 Å². The Balaban J connectivity index is 1.58. The number of hydrogen-bond donors (Lipinski definition) is 1. The summed E-state index contributed by atoms with van der Waals surface area (Å²) in [6, 6.07) is 0. The summed E-state index contributed by atoms with van der Waals surface area (Å²) in [5.41, 5.74) is -0.777. The van der Waals surface area contributed by atoms with Crippen molar-refractivity contribution in [3.8, 4) is 0 Å². The molecule has 1 N–H and O–H groups in total. The highest BCUT2D eigenvalue weighted by Crippen LogP contribution is 2.38. The molecule has 4 rings (SSSR count). The van der Waals surface area contributed by atoms with E-state index in [2.05, 4.69) is 9.88 Å². The second-order valence-corrected chi connectivity index (χ2v) is 9.67. The van der Waals surface area contributed by atoms with Crippen LogP contribution in [0.25, 0.3) is 0 Å². The number of carbonyl (C=O) groups is 1. The summed E-state index contributed by atoms with van der Waals surface area (Å²) < 4.78 is 39.7. The van der Waals surface area contributed by atoms with E-state index in [-0.39, 0.29) is 22.7 Å². The molecule has 3 aliphatic rings. The van der Waals surface area contributed by atoms with E-state index < -0.39 is 15.6 Å². The maximum absolute atomic E-state index is 13.4. The lowest BCUT2D eigenvalue weighted by molar-refractivity contribution is -0.145. The summed E-state index contributed by atoms with van der Waals surface area (Å²) in [6.45, 7) is 4.74. The number of rotatable bonds is 5. The molecule has 9 heteroatoms. The number of aromatic nitrogens is 1. The van der Waals surface area contributed by atoms with Crippen LogP contribution >= 0.6 is 0 Å². The van der Waals surface area contributed by atoms with Crippen molar-refractivity contribution in [2.24, 2.45) is 5.92 Å². The van der Waals surface area contributed by atoms with Crippen LogP contribution in [0.15, 0.2) is 9.42 Å². The van der Waals surface area contributed by atoms with Crippen LogP contribution in [0.4, 0.5) is 0 Å². The first kappa shape index (κ1) is 18.9. The number of ether oxygens (including phenoxy) is 1. The highest BCUT2D eigenvalue weighted by atomic mass is 32.2. The van der Waals surface area contributed by atoms with Gasteiger partial charge in [0.25, 0.3) is 0 Å². The van der Waals surface area contributed by atoms with Crippen molar-refractivity contribution in [2.45, 2.75) is 68.9 Å². The predicted molar refractivity (Wildman–Crippen MR) is 96.5 cm³/mol. The quantitative estimate of drug-likeness (QED) is 0.808. The van der Waals surface area contributed by atoms with Crippen molar-refractivity contribution >= 4 is 15.9 Å². The summed E-state index contributed by atoms with van der Waals surface area (Å²) in [6.07, 6.45) is 5.06. The van der Waals surface area contributed by atoms with Gasteiger partial charge in [-0.05, 0) is 45.4 Å². The number of carbonyl (C=O) groups excluding carboxylic acids is 1. The maximum atomic E-state index is 13.4. The topological polar surface area (TPSA) is 102 Å². The van der Waals surface area contributed by atoms with E-state index in [0.29, 0.717) is 44.1 Å². The summed E-state index contributed by atoms with van der Waals surface area (Å²) in [5.74, 6) is 0.657. The van der Waals surface area contributed by atoms with Crippen LogP contribution in [-0.2, 0) is 19.6 Å². The average molecular weight is 397 g/mol. The van der Waals surface area contributed by atoms with Gasteiger partial charge in [0.05, 0.1) is 12.7 Å². The predicted octanol–water partition coefficient (Wildman–Crippen LogP) is 1.52. The molecule has 1 unspecified atom stereocenters. The molecular weight excluding hydrogens is 370 g/mol. The molecule has 0 bridgehead atoms. The lowest BCUT2D eigenvalue weighted by atomic mass is 9.96. The van der Waals surface area contributed by atoms with Crippen LogP contribution in [0, 0.1) is 19.8 Å². The molecule has 1 aliphatic heterocycles. The van der Waals surface area contributed by atoms with E-state index in [1.165, 1.54) is 0 Å². The van der Waals surface area contributed by atoms with Gasteiger partial charge in [0, 0.05) is 13.1 Å². The highest BCUT2D eigenvalue weighted by molar-refractivity contribution is 7.89. The van der Waals surface area contributed by atoms with Gasteiger partial charge in [0.1, 0.15) is 16.1 Å². The summed E-state index contributed by atoms with van der Waals surface area (Å²) in [4.78, 5) is 15.3. The van der Waals surface area contributed by atoms with Gasteiger partial charge in [-0.2, -0.15) is 4.72 Å². The van der Waals surface area contributed by atoms with Crippen LogP contribution in [0.3, 0.4) is 0 Å². The fourth-order valence-electron chi connectivity index (χ4n) is 4.42. The minimum atomic E-state index is -3.91. The zero-order chi connectivity index (χ0) is 19.2. The fourth-order valence-corrected chi connectivity index (χ4v) is 6.17. The molecule has 3 fully saturated rings. The van der Waals surface area contributed by atoms with Crippen LogP contribution in [0.5, 0.6) is 0 Å². The summed E-state index contributed by atoms with van der Waals surface area (Å²) >= 11 is 0. The zero-order valence-electron chi connectivity index (χ0n) is 15.9. The molecule has 1 aromatic rings. The van der Waals surface area contributed by atoms with E-state index in [1.807, 2.05) is 0 Å². The number of morpholine rings is 1. The normalized spacial score (nSPS) is 25.7. The minimum absolute atomic E-state index is 0.0411. The molecule has 8 nitrogen and oxygen atoms in total. The second kappa shape index (κ2) is 6.86. The van der Waals surface area contributed by atoms with Crippen molar-refractivity contribution in [1.82, 2.24) is 14.8 Å². The molecule has 1 saturated heterocycles. The van der Waals surface area contributed by atoms with Crippen molar-refractivity contribution < 1.29 is 22.5 Å². The maximum Gasteiger partial charge on any atom is 0.246 e. The number of nitrogens with one attached hydrogen (secondary N) is 1. The number of nitrogens with zero attached hydrogens (tertiary/aromatic N) is 2. The molecule has 2 saturated carbocycles. The molecule has 0 spiro atoms. The van der Waals surface area contributed by atoms with Gasteiger partial charge in [0.2, 0.25) is 15.9 Å². The molecule has 2 aliphatic carbocycles. The van der Waals surface area contributed by atoms with Crippen molar-refractivity contribution in [3.63, 3.8) is 0 Å². The standard InChI is InChI=1S/C18H27N3O5S/c1-12-16(13(2)26-19-12)27(23,24)20-18(7-3-4-8-18)17(22)21-9-10-25-15(11-21)14-5-6-14/h14-15,20H,3-11H2,1-2H3. The Morgan fingerprint density at radius 2 is 1.96 bits per heavy atom. The smallest absolute Gasteiger partial charge is 0.246 e. The van der Waals surface area contributed by atoms with E-state index in [9.17, 15) is 13.2 Å². The van der Waals surface area contributed by atoms with Gasteiger partial charge >= 0.3 is 0 Å². The van der Waals surface area contributed by atoms with Crippen molar-refractivity contribution in [3.05, 3.63) is 11.5 Å². The number of aryl methyl sites for hydroxylation is 2. The van der Waals surface area contributed by atoms with Gasteiger partial charge < -0.3 is 14.2 Å². The molecule has 150 valence electrons. The molecule has 1 atom stereocenters. The molecular formula is C18H27N3O5S. The Morgan fingerprint density at radius 3 is 2.56 bits per heavy atom. The summed E-state index contributed by atoms with van der Waals surface area (Å²) in [5, 5.41) is 3.74. The average Bonchev–Trinajstić information content (AvgIpc) is 3.29. The molecule has 0 radical (unpaired) electrons. The first-order chi connectivity index (χ1) is 12.8. The third-order valence-corrected chi connectivity index (χ3v) is 7.74. The third-order valence-electron chi connectivity index (χ3n) is 5.96. The first-order valence-electron chi connectivity index (χ1n) is 9.70. The van der Waals surface area contributed by atoms with E-state index >= 15 is 0 Å². The van der Waals surface area contributed by atoms with Gasteiger partial charge in [-0.25, -0.2) is 8.42 Å². The monoisotopic (exact) mass is 397 g/mol. The highest BCUT2D eigenvalue weighted by Gasteiger charge is 2.49. The minimum Gasteiger partial charge on any atom is -0.374 e. The molecule has 27 heavy (non-hydrogen) atoms. The Labute approximate surface area is 159 Å².